The third-order valence-electron chi connectivity index (χ3n) is 10.1. The van der Waals surface area contributed by atoms with Crippen molar-refractivity contribution in [2.75, 3.05) is 0 Å². The van der Waals surface area contributed by atoms with E-state index in [0.29, 0.717) is 5.82 Å². The summed E-state index contributed by atoms with van der Waals surface area (Å²) in [5.74, 6) is 1.54. The van der Waals surface area contributed by atoms with Gasteiger partial charge in [0.15, 0.2) is 5.82 Å². The molecule has 5 heteroatoms. The topological polar surface area (TPSA) is 35.6 Å². The minimum atomic E-state index is 0.701. The van der Waals surface area contributed by atoms with Crippen molar-refractivity contribution in [2.24, 2.45) is 0 Å². The van der Waals surface area contributed by atoms with Crippen molar-refractivity contribution in [3.05, 3.63) is 170 Å². The Labute approximate surface area is 297 Å². The van der Waals surface area contributed by atoms with Crippen LogP contribution in [-0.2, 0) is 0 Å². The molecule has 0 spiro atoms. The third-order valence-corrected chi connectivity index (χ3v) is 11.3. The minimum Gasteiger partial charge on any atom is -0.308 e. The lowest BCUT2D eigenvalue weighted by Gasteiger charge is -2.12. The maximum atomic E-state index is 5.27. The second kappa shape index (κ2) is 11.0. The van der Waals surface area contributed by atoms with E-state index in [1.807, 2.05) is 35.6 Å². The van der Waals surface area contributed by atoms with E-state index in [2.05, 4.69) is 155 Å². The van der Waals surface area contributed by atoms with Gasteiger partial charge in [0.2, 0.25) is 0 Å². The van der Waals surface area contributed by atoms with Gasteiger partial charge in [-0.25, -0.2) is 9.97 Å². The quantitative estimate of drug-likeness (QED) is 0.187. The molecule has 0 fully saturated rings. The molecule has 0 amide bonds. The van der Waals surface area contributed by atoms with Crippen molar-refractivity contribution in [2.45, 2.75) is 0 Å². The van der Waals surface area contributed by atoms with Crippen LogP contribution >= 0.6 is 11.3 Å². The van der Waals surface area contributed by atoms with E-state index in [-0.39, 0.29) is 0 Å². The Kier molecular flexibility index (Phi) is 6.09. The van der Waals surface area contributed by atoms with E-state index in [0.717, 1.165) is 33.7 Å². The average molecular weight is 669 g/mol. The first kappa shape index (κ1) is 28.3. The number of thiophene rings is 1. The minimum absolute atomic E-state index is 0.701. The van der Waals surface area contributed by atoms with Crippen molar-refractivity contribution in [1.29, 1.82) is 0 Å². The zero-order chi connectivity index (χ0) is 33.5. The van der Waals surface area contributed by atoms with Crippen LogP contribution < -0.4 is 0 Å². The van der Waals surface area contributed by atoms with Gasteiger partial charge >= 0.3 is 0 Å². The largest absolute Gasteiger partial charge is 0.308 e. The van der Waals surface area contributed by atoms with E-state index in [9.17, 15) is 0 Å². The smallest absolute Gasteiger partial charge is 0.162 e. The molecule has 0 saturated heterocycles. The van der Waals surface area contributed by atoms with Crippen molar-refractivity contribution in [3.8, 4) is 34.2 Å². The molecule has 11 rings (SSSR count). The Hall–Kier alpha value is -6.56. The number of hydrogen-bond acceptors (Lipinski definition) is 3. The predicted molar refractivity (Wildman–Crippen MR) is 214 cm³/mol. The summed E-state index contributed by atoms with van der Waals surface area (Å²) in [4.78, 5) is 10.4. The average Bonchev–Trinajstić information content (AvgIpc) is 3.86. The van der Waals surface area contributed by atoms with Crippen LogP contribution in [0.5, 0.6) is 0 Å². The van der Waals surface area contributed by atoms with Crippen LogP contribution in [0.25, 0.3) is 97.9 Å². The number of nitrogens with zero attached hydrogens (tertiary/aromatic N) is 4. The highest BCUT2D eigenvalue weighted by molar-refractivity contribution is 7.26. The molecule has 0 N–H and O–H groups in total. The van der Waals surface area contributed by atoms with Gasteiger partial charge in [0.25, 0.3) is 0 Å². The van der Waals surface area contributed by atoms with Crippen molar-refractivity contribution in [3.63, 3.8) is 0 Å². The third kappa shape index (κ3) is 4.19. The highest BCUT2D eigenvalue weighted by Gasteiger charge is 2.23. The van der Waals surface area contributed by atoms with Gasteiger partial charge in [-0.3, -0.25) is 4.57 Å². The molecular weight excluding hydrogens is 641 g/mol. The van der Waals surface area contributed by atoms with Crippen LogP contribution in [0.1, 0.15) is 0 Å². The summed E-state index contributed by atoms with van der Waals surface area (Å²) < 4.78 is 7.40. The molecule has 238 valence electrons. The summed E-state index contributed by atoms with van der Waals surface area (Å²) in [6.45, 7) is 0. The molecule has 11 aromatic rings. The van der Waals surface area contributed by atoms with Crippen LogP contribution in [0.2, 0.25) is 0 Å². The lowest BCUT2D eigenvalue weighted by Crippen LogP contribution is -2.02. The van der Waals surface area contributed by atoms with E-state index in [1.165, 1.54) is 58.4 Å². The molecule has 0 aliphatic carbocycles. The lowest BCUT2D eigenvalue weighted by atomic mass is 10.1. The Morgan fingerprint density at radius 3 is 1.71 bits per heavy atom. The number of fused-ring (bicyclic) bond motifs is 10. The summed E-state index contributed by atoms with van der Waals surface area (Å²) in [6, 6.07) is 60.4. The fraction of sp³-hybridized carbons (Fsp3) is 0. The Morgan fingerprint density at radius 2 is 0.980 bits per heavy atom. The highest BCUT2D eigenvalue weighted by Crippen LogP contribution is 2.45. The standard InChI is InChI=1S/C46H28N4S/c1-3-14-29(15-4-1)35-28-42(48-46(47-35)30-16-5-2-6-17-30)50-37-23-11-8-20-34(37)44-39(50)27-26-38-43(44)33-19-7-10-22-36(33)49(38)40-24-13-21-32-31-18-9-12-25-41(31)51-45(32)40/h1-28H. The Bertz CT molecular complexity index is 3080. The number of benzene rings is 7. The normalized spacial score (nSPS) is 11.9. The van der Waals surface area contributed by atoms with Crippen LogP contribution in [-0.4, -0.2) is 19.1 Å². The predicted octanol–water partition coefficient (Wildman–Crippen LogP) is 12.4. The number of rotatable bonds is 4. The van der Waals surface area contributed by atoms with Gasteiger partial charge < -0.3 is 4.57 Å². The molecule has 4 heterocycles. The zero-order valence-corrected chi connectivity index (χ0v) is 28.2. The maximum Gasteiger partial charge on any atom is 0.162 e. The van der Waals surface area contributed by atoms with Gasteiger partial charge in [0.1, 0.15) is 5.82 Å². The molecule has 51 heavy (non-hydrogen) atoms. The van der Waals surface area contributed by atoms with Gasteiger partial charge in [0.05, 0.1) is 38.1 Å². The molecule has 4 nitrogen and oxygen atoms in total. The van der Waals surface area contributed by atoms with E-state index in [1.54, 1.807) is 0 Å². The fourth-order valence-corrected chi connectivity index (χ4v) is 9.16. The molecule has 0 radical (unpaired) electrons. The fourth-order valence-electron chi connectivity index (χ4n) is 7.96. The molecule has 0 bridgehead atoms. The molecule has 0 atom stereocenters. The van der Waals surface area contributed by atoms with Crippen molar-refractivity contribution >= 4 is 75.1 Å². The van der Waals surface area contributed by atoms with Gasteiger partial charge in [-0.2, -0.15) is 0 Å². The number of hydrogen-bond donors (Lipinski definition) is 0. The maximum absolute atomic E-state index is 5.27. The SMILES string of the molecule is c1ccc(-c2cc(-n3c4ccccc4c4c5c6ccccc6n(-c6cccc7c6sc6ccccc67)c5ccc43)nc(-c3ccccc3)n2)cc1. The first-order valence-corrected chi connectivity index (χ1v) is 18.0. The molecule has 0 saturated carbocycles. The summed E-state index contributed by atoms with van der Waals surface area (Å²) >= 11 is 1.87. The molecule has 0 unspecified atom stereocenters. The first-order valence-electron chi connectivity index (χ1n) is 17.2. The molecule has 0 aliphatic heterocycles. The van der Waals surface area contributed by atoms with Crippen LogP contribution in [0.4, 0.5) is 0 Å². The Balaban J connectivity index is 1.25. The van der Waals surface area contributed by atoms with Gasteiger partial charge in [-0.1, -0.05) is 127 Å². The van der Waals surface area contributed by atoms with Gasteiger partial charge in [-0.15, -0.1) is 11.3 Å². The van der Waals surface area contributed by atoms with Crippen LogP contribution in [0.3, 0.4) is 0 Å². The van der Waals surface area contributed by atoms with Crippen LogP contribution in [0.15, 0.2) is 170 Å². The molecule has 7 aromatic carbocycles. The summed E-state index contributed by atoms with van der Waals surface area (Å²) in [5.41, 5.74) is 8.75. The number of aromatic nitrogens is 4. The molecule has 0 aliphatic rings. The second-order valence-electron chi connectivity index (χ2n) is 13.0. The summed E-state index contributed by atoms with van der Waals surface area (Å²) in [7, 11) is 0. The first-order chi connectivity index (χ1) is 25.3. The number of para-hydroxylation sites is 2. The van der Waals surface area contributed by atoms with Crippen molar-refractivity contribution in [1.82, 2.24) is 19.1 Å². The summed E-state index contributed by atoms with van der Waals surface area (Å²) in [6.07, 6.45) is 0. The van der Waals surface area contributed by atoms with E-state index >= 15 is 0 Å². The lowest BCUT2D eigenvalue weighted by molar-refractivity contribution is 1.05. The zero-order valence-electron chi connectivity index (χ0n) is 27.4. The monoisotopic (exact) mass is 668 g/mol. The molecular formula is C46H28N4S. The Morgan fingerprint density at radius 1 is 0.412 bits per heavy atom. The van der Waals surface area contributed by atoms with Crippen LogP contribution in [0, 0.1) is 0 Å². The van der Waals surface area contributed by atoms with E-state index < -0.39 is 0 Å². The second-order valence-corrected chi connectivity index (χ2v) is 14.0. The van der Waals surface area contributed by atoms with Crippen molar-refractivity contribution < 1.29 is 0 Å². The van der Waals surface area contributed by atoms with Gasteiger partial charge in [0, 0.05) is 54.2 Å². The molecule has 4 aromatic heterocycles. The highest BCUT2D eigenvalue weighted by atomic mass is 32.1. The van der Waals surface area contributed by atoms with Gasteiger partial charge in [-0.05, 0) is 36.4 Å². The summed E-state index contributed by atoms with van der Waals surface area (Å²) in [5, 5.41) is 7.50. The van der Waals surface area contributed by atoms with E-state index in [4.69, 9.17) is 9.97 Å².